The van der Waals surface area contributed by atoms with Gasteiger partial charge in [0.05, 0.1) is 6.04 Å². The molecular formula is C18H24FNO. The first-order chi connectivity index (χ1) is 10.0. The van der Waals surface area contributed by atoms with E-state index in [4.69, 9.17) is 0 Å². The fraction of sp³-hybridized carbons (Fsp3) is 0.611. The van der Waals surface area contributed by atoms with Gasteiger partial charge in [0, 0.05) is 12.1 Å². The lowest BCUT2D eigenvalue weighted by atomic mass is 9.88. The zero-order chi connectivity index (χ0) is 15.0. The van der Waals surface area contributed by atoms with Crippen LogP contribution in [0.15, 0.2) is 24.3 Å². The number of Topliss-reactive ketones (excluding diaryl/α,β-unsaturated/α-hetero) is 1. The number of rotatable bonds is 5. The van der Waals surface area contributed by atoms with Gasteiger partial charge < -0.3 is 0 Å². The Hall–Kier alpha value is -1.22. The molecule has 3 heteroatoms. The summed E-state index contributed by atoms with van der Waals surface area (Å²) in [5, 5.41) is 0. The van der Waals surface area contributed by atoms with Gasteiger partial charge in [0.2, 0.25) is 0 Å². The van der Waals surface area contributed by atoms with Gasteiger partial charge in [0.25, 0.3) is 0 Å². The first kappa shape index (κ1) is 14.7. The minimum Gasteiger partial charge on any atom is -0.296 e. The summed E-state index contributed by atoms with van der Waals surface area (Å²) < 4.78 is 12.9. The number of hydrogen-bond acceptors (Lipinski definition) is 2. The van der Waals surface area contributed by atoms with E-state index in [2.05, 4.69) is 4.90 Å². The summed E-state index contributed by atoms with van der Waals surface area (Å²) in [5.41, 5.74) is 0.601. The van der Waals surface area contributed by atoms with E-state index in [0.717, 1.165) is 24.3 Å². The van der Waals surface area contributed by atoms with E-state index in [9.17, 15) is 9.18 Å². The van der Waals surface area contributed by atoms with Crippen LogP contribution in [0.2, 0.25) is 0 Å². The molecular weight excluding hydrogens is 265 g/mol. The molecule has 2 nitrogen and oxygen atoms in total. The Balaban J connectivity index is 1.60. The smallest absolute Gasteiger partial charge is 0.179 e. The van der Waals surface area contributed by atoms with Crippen LogP contribution in [0.5, 0.6) is 0 Å². The normalized spacial score (nSPS) is 29.0. The summed E-state index contributed by atoms with van der Waals surface area (Å²) in [7, 11) is 2.04. The second kappa shape index (κ2) is 5.88. The molecule has 0 aliphatic heterocycles. The molecule has 2 saturated carbocycles. The quantitative estimate of drug-likeness (QED) is 0.769. The van der Waals surface area contributed by atoms with Crippen LogP contribution >= 0.6 is 0 Å². The van der Waals surface area contributed by atoms with E-state index >= 15 is 0 Å². The van der Waals surface area contributed by atoms with Crippen LogP contribution in [-0.4, -0.2) is 30.3 Å². The molecule has 0 amide bonds. The van der Waals surface area contributed by atoms with Crippen LogP contribution in [-0.2, 0) is 0 Å². The van der Waals surface area contributed by atoms with Gasteiger partial charge in [-0.05, 0) is 75.3 Å². The molecule has 4 atom stereocenters. The van der Waals surface area contributed by atoms with Crippen molar-refractivity contribution in [1.82, 2.24) is 4.90 Å². The van der Waals surface area contributed by atoms with Crippen molar-refractivity contribution in [2.75, 3.05) is 13.6 Å². The Morgan fingerprint density at radius 2 is 2.00 bits per heavy atom. The van der Waals surface area contributed by atoms with Crippen molar-refractivity contribution in [3.63, 3.8) is 0 Å². The van der Waals surface area contributed by atoms with E-state index < -0.39 is 0 Å². The first-order valence-corrected chi connectivity index (χ1v) is 8.04. The van der Waals surface area contributed by atoms with Gasteiger partial charge in [-0.15, -0.1) is 0 Å². The largest absolute Gasteiger partial charge is 0.296 e. The minimum atomic E-state index is -0.297. The Labute approximate surface area is 126 Å². The second-order valence-corrected chi connectivity index (χ2v) is 6.92. The highest BCUT2D eigenvalue weighted by atomic mass is 19.1. The van der Waals surface area contributed by atoms with Gasteiger partial charge in [-0.3, -0.25) is 9.69 Å². The van der Waals surface area contributed by atoms with Gasteiger partial charge in [0.15, 0.2) is 5.78 Å². The number of nitrogens with zero attached hydrogens (tertiary/aromatic N) is 1. The van der Waals surface area contributed by atoms with E-state index in [1.165, 1.54) is 37.8 Å². The average molecular weight is 289 g/mol. The first-order valence-electron chi connectivity index (χ1n) is 8.04. The highest BCUT2D eigenvalue weighted by Gasteiger charge is 2.40. The zero-order valence-electron chi connectivity index (χ0n) is 12.9. The fourth-order valence-corrected chi connectivity index (χ4v) is 4.18. The number of likely N-dealkylation sites (N-methyl/N-ethyl adjacent to an activating group) is 1. The van der Waals surface area contributed by atoms with Crippen LogP contribution in [0, 0.1) is 23.6 Å². The van der Waals surface area contributed by atoms with Gasteiger partial charge >= 0.3 is 0 Å². The standard InChI is InChI=1S/C18H24FNO/c1-12(18(21)14-5-7-17(19)8-6-14)20(2)11-16-10-13-3-4-15(16)9-13/h5-8,12-13,15-16H,3-4,9-11H2,1-2H3. The molecule has 2 fully saturated rings. The molecule has 0 heterocycles. The number of fused-ring (bicyclic) bond motifs is 2. The van der Waals surface area contributed by atoms with Gasteiger partial charge in [-0.2, -0.15) is 0 Å². The Morgan fingerprint density at radius 3 is 2.57 bits per heavy atom. The van der Waals surface area contributed by atoms with E-state index in [0.29, 0.717) is 5.56 Å². The van der Waals surface area contributed by atoms with Crippen molar-refractivity contribution in [3.05, 3.63) is 35.6 Å². The summed E-state index contributed by atoms with van der Waals surface area (Å²) in [6, 6.07) is 5.74. The summed E-state index contributed by atoms with van der Waals surface area (Å²) in [6.07, 6.45) is 5.53. The second-order valence-electron chi connectivity index (χ2n) is 6.92. The van der Waals surface area contributed by atoms with Gasteiger partial charge in [-0.1, -0.05) is 6.42 Å². The van der Waals surface area contributed by atoms with E-state index in [1.54, 1.807) is 12.1 Å². The molecule has 2 aliphatic rings. The van der Waals surface area contributed by atoms with Crippen molar-refractivity contribution in [3.8, 4) is 0 Å². The van der Waals surface area contributed by atoms with Gasteiger partial charge in [-0.25, -0.2) is 4.39 Å². The number of carbonyl (C=O) groups is 1. The molecule has 3 rings (SSSR count). The molecule has 1 aromatic rings. The minimum absolute atomic E-state index is 0.0839. The maximum atomic E-state index is 12.9. The van der Waals surface area contributed by atoms with Crippen molar-refractivity contribution in [1.29, 1.82) is 0 Å². The molecule has 4 unspecified atom stereocenters. The van der Waals surface area contributed by atoms with Crippen molar-refractivity contribution in [2.24, 2.45) is 17.8 Å². The Bertz CT molecular complexity index is 512. The third kappa shape index (κ3) is 3.03. The molecule has 21 heavy (non-hydrogen) atoms. The maximum absolute atomic E-state index is 12.9. The monoisotopic (exact) mass is 289 g/mol. The number of halogens is 1. The molecule has 0 N–H and O–H groups in total. The molecule has 114 valence electrons. The fourth-order valence-electron chi connectivity index (χ4n) is 4.18. The molecule has 2 bridgehead atoms. The van der Waals surface area contributed by atoms with Crippen molar-refractivity contribution >= 4 is 5.78 Å². The number of benzene rings is 1. The zero-order valence-corrected chi connectivity index (χ0v) is 12.9. The lowest BCUT2D eigenvalue weighted by Gasteiger charge is -2.30. The summed E-state index contributed by atoms with van der Waals surface area (Å²) in [5.74, 6) is 2.37. The average Bonchev–Trinajstić information content (AvgIpc) is 3.09. The summed E-state index contributed by atoms with van der Waals surface area (Å²) in [4.78, 5) is 14.6. The number of hydrogen-bond donors (Lipinski definition) is 0. The van der Waals surface area contributed by atoms with Crippen LogP contribution < -0.4 is 0 Å². The number of ketones is 1. The molecule has 0 saturated heterocycles. The van der Waals surface area contributed by atoms with Crippen molar-refractivity contribution < 1.29 is 9.18 Å². The lowest BCUT2D eigenvalue weighted by molar-refractivity contribution is 0.0836. The SMILES string of the molecule is CC(C(=O)c1ccc(F)cc1)N(C)CC1CC2CCC1C2. The Morgan fingerprint density at radius 1 is 1.29 bits per heavy atom. The predicted octanol–water partition coefficient (Wildman–Crippen LogP) is 3.76. The topological polar surface area (TPSA) is 20.3 Å². The molecule has 1 aromatic carbocycles. The predicted molar refractivity (Wildman–Crippen MR) is 81.8 cm³/mol. The lowest BCUT2D eigenvalue weighted by Crippen LogP contribution is -2.40. The highest BCUT2D eigenvalue weighted by molar-refractivity contribution is 5.99. The maximum Gasteiger partial charge on any atom is 0.179 e. The molecule has 2 aliphatic carbocycles. The summed E-state index contributed by atoms with van der Waals surface area (Å²) in [6.45, 7) is 2.97. The van der Waals surface area contributed by atoms with Crippen LogP contribution in [0.25, 0.3) is 0 Å². The Kier molecular flexibility index (Phi) is 4.12. The van der Waals surface area contributed by atoms with E-state index in [-0.39, 0.29) is 17.6 Å². The molecule has 0 aromatic heterocycles. The van der Waals surface area contributed by atoms with Crippen LogP contribution in [0.4, 0.5) is 4.39 Å². The highest BCUT2D eigenvalue weighted by Crippen LogP contribution is 2.48. The number of carbonyl (C=O) groups excluding carboxylic acids is 1. The van der Waals surface area contributed by atoms with Gasteiger partial charge in [0.1, 0.15) is 5.82 Å². The van der Waals surface area contributed by atoms with Crippen LogP contribution in [0.3, 0.4) is 0 Å². The van der Waals surface area contributed by atoms with Crippen LogP contribution in [0.1, 0.15) is 43.0 Å². The third-order valence-corrected chi connectivity index (χ3v) is 5.58. The van der Waals surface area contributed by atoms with E-state index in [1.807, 2.05) is 14.0 Å². The molecule has 0 radical (unpaired) electrons. The summed E-state index contributed by atoms with van der Waals surface area (Å²) >= 11 is 0. The van der Waals surface area contributed by atoms with Crippen molar-refractivity contribution in [2.45, 2.75) is 38.6 Å². The third-order valence-electron chi connectivity index (χ3n) is 5.58. The molecule has 0 spiro atoms.